The largest absolute Gasteiger partial charge is 0.388 e. The fourth-order valence-electron chi connectivity index (χ4n) is 3.82. The Hall–Kier alpha value is -0.820. The number of aryl methyl sites for hydroxylation is 1. The first-order valence-corrected chi connectivity index (χ1v) is 7.12. The molecule has 2 aliphatic rings. The van der Waals surface area contributed by atoms with Crippen molar-refractivity contribution < 1.29 is 5.11 Å². The monoisotopic (exact) mass is 230 g/mol. The van der Waals surface area contributed by atoms with Crippen LogP contribution in [-0.2, 0) is 6.42 Å². The summed E-state index contributed by atoms with van der Waals surface area (Å²) in [6.07, 6.45) is 8.95. The lowest BCUT2D eigenvalue weighted by molar-refractivity contribution is 0.0442. The van der Waals surface area contributed by atoms with Gasteiger partial charge in [0.2, 0.25) is 0 Å². The van der Waals surface area contributed by atoms with E-state index < -0.39 is 0 Å². The van der Waals surface area contributed by atoms with Crippen LogP contribution in [0.1, 0.15) is 55.8 Å². The summed E-state index contributed by atoms with van der Waals surface area (Å²) in [5, 5.41) is 10.6. The van der Waals surface area contributed by atoms with E-state index in [0.717, 1.165) is 12.3 Å². The molecule has 0 amide bonds. The third kappa shape index (κ3) is 2.13. The molecule has 1 N–H and O–H groups in total. The summed E-state index contributed by atoms with van der Waals surface area (Å²) >= 11 is 0. The molecule has 1 nitrogen and oxygen atoms in total. The lowest BCUT2D eigenvalue weighted by atomic mass is 9.70. The van der Waals surface area contributed by atoms with Gasteiger partial charge in [0.25, 0.3) is 0 Å². The van der Waals surface area contributed by atoms with Crippen molar-refractivity contribution >= 4 is 0 Å². The van der Waals surface area contributed by atoms with Crippen molar-refractivity contribution in [3.63, 3.8) is 0 Å². The van der Waals surface area contributed by atoms with Crippen molar-refractivity contribution in [2.45, 2.75) is 51.0 Å². The second-order valence-corrected chi connectivity index (χ2v) is 5.74. The molecule has 2 unspecified atom stereocenters. The van der Waals surface area contributed by atoms with Gasteiger partial charge in [0.05, 0.1) is 6.10 Å². The lowest BCUT2D eigenvalue weighted by Crippen LogP contribution is -2.28. The number of fused-ring (bicyclic) bond motifs is 1. The second kappa shape index (κ2) is 4.81. The van der Waals surface area contributed by atoms with Crippen LogP contribution in [0.2, 0.25) is 0 Å². The first-order valence-electron chi connectivity index (χ1n) is 7.12. The van der Waals surface area contributed by atoms with E-state index in [1.165, 1.54) is 49.7 Å². The highest BCUT2D eigenvalue weighted by atomic mass is 16.3. The van der Waals surface area contributed by atoms with Gasteiger partial charge in [0.15, 0.2) is 0 Å². The Kier molecular flexibility index (Phi) is 3.19. The fraction of sp³-hybridized carbons (Fsp3) is 0.625. The predicted octanol–water partition coefficient (Wildman–Crippen LogP) is 3.86. The summed E-state index contributed by atoms with van der Waals surface area (Å²) in [6, 6.07) is 8.45. The highest BCUT2D eigenvalue weighted by Gasteiger charge is 2.33. The van der Waals surface area contributed by atoms with Gasteiger partial charge < -0.3 is 5.11 Å². The molecule has 3 rings (SSSR count). The van der Waals surface area contributed by atoms with E-state index in [9.17, 15) is 5.11 Å². The Labute approximate surface area is 104 Å². The minimum Gasteiger partial charge on any atom is -0.388 e. The summed E-state index contributed by atoms with van der Waals surface area (Å²) in [5.74, 6) is 1.29. The molecule has 0 saturated heterocycles. The van der Waals surface area contributed by atoms with Crippen molar-refractivity contribution in [1.82, 2.24) is 0 Å². The summed E-state index contributed by atoms with van der Waals surface area (Å²) < 4.78 is 0. The Morgan fingerprint density at radius 1 is 0.941 bits per heavy atom. The number of hydrogen-bond acceptors (Lipinski definition) is 1. The van der Waals surface area contributed by atoms with Crippen molar-refractivity contribution in [2.75, 3.05) is 0 Å². The van der Waals surface area contributed by atoms with Gasteiger partial charge in [0, 0.05) is 0 Å². The molecule has 1 fully saturated rings. The van der Waals surface area contributed by atoms with Crippen LogP contribution in [-0.4, -0.2) is 5.11 Å². The van der Waals surface area contributed by atoms with E-state index in [1.54, 1.807) is 0 Å². The molecule has 0 aromatic heterocycles. The Balaban J connectivity index is 1.81. The van der Waals surface area contributed by atoms with Crippen molar-refractivity contribution in [3.05, 3.63) is 35.4 Å². The zero-order valence-electron chi connectivity index (χ0n) is 10.4. The Bertz CT molecular complexity index is 379. The SMILES string of the molecule is OC1c2ccccc2CCC1C1CCCCC1. The quantitative estimate of drug-likeness (QED) is 0.776. The van der Waals surface area contributed by atoms with Gasteiger partial charge in [-0.25, -0.2) is 0 Å². The van der Waals surface area contributed by atoms with Crippen LogP contribution in [0.4, 0.5) is 0 Å². The molecule has 0 radical (unpaired) electrons. The second-order valence-electron chi connectivity index (χ2n) is 5.74. The summed E-state index contributed by atoms with van der Waals surface area (Å²) in [4.78, 5) is 0. The molecule has 0 bridgehead atoms. The topological polar surface area (TPSA) is 20.2 Å². The maximum absolute atomic E-state index is 10.6. The zero-order valence-corrected chi connectivity index (χ0v) is 10.4. The van der Waals surface area contributed by atoms with Crippen LogP contribution >= 0.6 is 0 Å². The number of aliphatic hydroxyl groups excluding tert-OH is 1. The fourth-order valence-corrected chi connectivity index (χ4v) is 3.82. The molecule has 0 spiro atoms. The highest BCUT2D eigenvalue weighted by Crippen LogP contribution is 2.43. The van der Waals surface area contributed by atoms with E-state index in [0.29, 0.717) is 5.92 Å². The summed E-state index contributed by atoms with van der Waals surface area (Å²) in [5.41, 5.74) is 2.57. The van der Waals surface area contributed by atoms with Gasteiger partial charge in [0.1, 0.15) is 0 Å². The molecule has 2 atom stereocenters. The third-order valence-electron chi connectivity index (χ3n) is 4.78. The normalized spacial score (nSPS) is 29.9. The zero-order chi connectivity index (χ0) is 11.7. The molecule has 1 aromatic rings. The molecule has 92 valence electrons. The number of benzene rings is 1. The smallest absolute Gasteiger partial charge is 0.0823 e. The van der Waals surface area contributed by atoms with Crippen molar-refractivity contribution in [1.29, 1.82) is 0 Å². The van der Waals surface area contributed by atoms with Gasteiger partial charge in [-0.1, -0.05) is 56.4 Å². The minimum atomic E-state index is -0.206. The van der Waals surface area contributed by atoms with Crippen LogP contribution in [0.15, 0.2) is 24.3 Å². The summed E-state index contributed by atoms with van der Waals surface area (Å²) in [6.45, 7) is 0. The Morgan fingerprint density at radius 2 is 1.71 bits per heavy atom. The van der Waals surface area contributed by atoms with Crippen LogP contribution in [0.25, 0.3) is 0 Å². The molecule has 1 saturated carbocycles. The van der Waals surface area contributed by atoms with Gasteiger partial charge in [-0.3, -0.25) is 0 Å². The maximum Gasteiger partial charge on any atom is 0.0823 e. The Morgan fingerprint density at radius 3 is 2.53 bits per heavy atom. The minimum absolute atomic E-state index is 0.206. The van der Waals surface area contributed by atoms with E-state index in [2.05, 4.69) is 24.3 Å². The maximum atomic E-state index is 10.6. The van der Waals surface area contributed by atoms with Crippen LogP contribution in [0.5, 0.6) is 0 Å². The van der Waals surface area contributed by atoms with Crippen molar-refractivity contribution in [3.8, 4) is 0 Å². The molecule has 1 aromatic carbocycles. The molecule has 0 aliphatic heterocycles. The first kappa shape index (κ1) is 11.3. The lowest BCUT2D eigenvalue weighted by Gasteiger charge is -2.37. The van der Waals surface area contributed by atoms with E-state index in [-0.39, 0.29) is 6.10 Å². The molecule has 2 aliphatic carbocycles. The molecule has 0 heterocycles. The van der Waals surface area contributed by atoms with Gasteiger partial charge in [-0.2, -0.15) is 0 Å². The number of hydrogen-bond donors (Lipinski definition) is 1. The third-order valence-corrected chi connectivity index (χ3v) is 4.78. The van der Waals surface area contributed by atoms with Crippen molar-refractivity contribution in [2.24, 2.45) is 11.8 Å². The van der Waals surface area contributed by atoms with Gasteiger partial charge >= 0.3 is 0 Å². The standard InChI is InChI=1S/C16H22O/c17-16-14-9-5-4-8-13(14)10-11-15(16)12-6-2-1-3-7-12/h4-5,8-9,12,15-17H,1-3,6-7,10-11H2. The van der Waals surface area contributed by atoms with E-state index in [1.807, 2.05) is 0 Å². The van der Waals surface area contributed by atoms with Gasteiger partial charge in [-0.05, 0) is 35.8 Å². The van der Waals surface area contributed by atoms with Gasteiger partial charge in [-0.15, -0.1) is 0 Å². The average Bonchev–Trinajstić information content (AvgIpc) is 2.40. The highest BCUT2D eigenvalue weighted by molar-refractivity contribution is 5.32. The first-order chi connectivity index (χ1) is 8.36. The van der Waals surface area contributed by atoms with Crippen LogP contribution in [0, 0.1) is 11.8 Å². The predicted molar refractivity (Wildman–Crippen MR) is 69.8 cm³/mol. The summed E-state index contributed by atoms with van der Waals surface area (Å²) in [7, 11) is 0. The van der Waals surface area contributed by atoms with E-state index in [4.69, 9.17) is 0 Å². The molecular weight excluding hydrogens is 208 g/mol. The van der Waals surface area contributed by atoms with E-state index >= 15 is 0 Å². The number of rotatable bonds is 1. The molecule has 1 heteroatoms. The molecule has 17 heavy (non-hydrogen) atoms. The average molecular weight is 230 g/mol. The van der Waals surface area contributed by atoms with Crippen LogP contribution in [0.3, 0.4) is 0 Å². The molecular formula is C16H22O. The van der Waals surface area contributed by atoms with Crippen LogP contribution < -0.4 is 0 Å². The number of aliphatic hydroxyl groups is 1.